The highest BCUT2D eigenvalue weighted by Gasteiger charge is 2.04. The molecule has 0 saturated carbocycles. The van der Waals surface area contributed by atoms with Crippen LogP contribution >= 0.6 is 0 Å². The molecule has 0 aromatic heterocycles. The molecule has 0 amide bonds. The number of rotatable bonds is 12. The van der Waals surface area contributed by atoms with E-state index < -0.39 is 5.97 Å². The van der Waals surface area contributed by atoms with Gasteiger partial charge in [-0.25, -0.2) is 4.79 Å². The van der Waals surface area contributed by atoms with Crippen LogP contribution in [-0.2, 0) is 9.53 Å². The summed E-state index contributed by atoms with van der Waals surface area (Å²) >= 11 is 0. The Morgan fingerprint density at radius 3 is 1.94 bits per heavy atom. The van der Waals surface area contributed by atoms with Crippen molar-refractivity contribution >= 4 is 5.97 Å². The SMILES string of the molecule is CCCCCCCCCCC/C=C(/OC)C(=O)O. The first-order valence-electron chi connectivity index (χ1n) is 7.19. The predicted octanol–water partition coefficient (Wildman–Crippen LogP) is 4.52. The molecule has 0 radical (unpaired) electrons. The summed E-state index contributed by atoms with van der Waals surface area (Å²) in [6, 6.07) is 0. The molecule has 0 saturated heterocycles. The van der Waals surface area contributed by atoms with E-state index in [9.17, 15) is 4.79 Å². The normalized spacial score (nSPS) is 11.6. The fourth-order valence-corrected chi connectivity index (χ4v) is 1.95. The lowest BCUT2D eigenvalue weighted by Gasteiger charge is -2.02. The van der Waals surface area contributed by atoms with E-state index in [1.807, 2.05) is 0 Å². The molecule has 0 aliphatic heterocycles. The van der Waals surface area contributed by atoms with Gasteiger partial charge in [-0.3, -0.25) is 0 Å². The van der Waals surface area contributed by atoms with Crippen molar-refractivity contribution in [3.05, 3.63) is 11.8 Å². The number of carboxylic acids is 1. The smallest absolute Gasteiger partial charge is 0.370 e. The van der Waals surface area contributed by atoms with Crippen LogP contribution in [0.3, 0.4) is 0 Å². The van der Waals surface area contributed by atoms with Crippen LogP contribution in [0.25, 0.3) is 0 Å². The zero-order valence-corrected chi connectivity index (χ0v) is 11.9. The van der Waals surface area contributed by atoms with Crippen LogP contribution in [0.2, 0.25) is 0 Å². The van der Waals surface area contributed by atoms with Crippen LogP contribution in [0.15, 0.2) is 11.8 Å². The van der Waals surface area contributed by atoms with Gasteiger partial charge in [0.2, 0.25) is 0 Å². The van der Waals surface area contributed by atoms with Gasteiger partial charge in [-0.05, 0) is 18.9 Å². The second kappa shape index (κ2) is 12.5. The zero-order chi connectivity index (χ0) is 13.6. The Bertz CT molecular complexity index is 234. The molecular formula is C15H28O3. The van der Waals surface area contributed by atoms with Crippen molar-refractivity contribution in [2.24, 2.45) is 0 Å². The molecule has 1 N–H and O–H groups in total. The van der Waals surface area contributed by atoms with Crippen LogP contribution in [0.5, 0.6) is 0 Å². The molecule has 0 fully saturated rings. The van der Waals surface area contributed by atoms with E-state index >= 15 is 0 Å². The average Bonchev–Trinajstić information content (AvgIpc) is 2.35. The van der Waals surface area contributed by atoms with Crippen molar-refractivity contribution < 1.29 is 14.6 Å². The van der Waals surface area contributed by atoms with Gasteiger partial charge in [-0.1, -0.05) is 58.3 Å². The van der Waals surface area contributed by atoms with E-state index in [0.29, 0.717) is 0 Å². The lowest BCUT2D eigenvalue weighted by atomic mass is 10.1. The highest BCUT2D eigenvalue weighted by atomic mass is 16.5. The Morgan fingerprint density at radius 2 is 1.50 bits per heavy atom. The first kappa shape index (κ1) is 17.0. The van der Waals surface area contributed by atoms with Crippen LogP contribution < -0.4 is 0 Å². The minimum atomic E-state index is -0.978. The van der Waals surface area contributed by atoms with Gasteiger partial charge in [-0.15, -0.1) is 0 Å². The number of allylic oxidation sites excluding steroid dienone is 1. The number of carboxylic acid groups (broad SMARTS) is 1. The summed E-state index contributed by atoms with van der Waals surface area (Å²) in [5.41, 5.74) is 0. The highest BCUT2D eigenvalue weighted by Crippen LogP contribution is 2.11. The van der Waals surface area contributed by atoms with Crippen LogP contribution in [-0.4, -0.2) is 18.2 Å². The molecule has 0 spiro atoms. The molecular weight excluding hydrogens is 228 g/mol. The Morgan fingerprint density at radius 1 is 1.00 bits per heavy atom. The number of hydrogen-bond donors (Lipinski definition) is 1. The molecule has 0 heterocycles. The van der Waals surface area contributed by atoms with Gasteiger partial charge in [0.25, 0.3) is 0 Å². The molecule has 3 heteroatoms. The molecule has 0 aromatic carbocycles. The van der Waals surface area contributed by atoms with Gasteiger partial charge in [0.1, 0.15) is 0 Å². The van der Waals surface area contributed by atoms with Crippen molar-refractivity contribution in [1.29, 1.82) is 0 Å². The van der Waals surface area contributed by atoms with E-state index in [1.54, 1.807) is 6.08 Å². The summed E-state index contributed by atoms with van der Waals surface area (Å²) in [5.74, 6) is -0.914. The van der Waals surface area contributed by atoms with Crippen LogP contribution in [0.1, 0.15) is 71.1 Å². The number of carbonyl (C=O) groups is 1. The molecule has 0 unspecified atom stereocenters. The second-order valence-electron chi connectivity index (χ2n) is 4.69. The predicted molar refractivity (Wildman–Crippen MR) is 74.6 cm³/mol. The number of methoxy groups -OCH3 is 1. The number of unbranched alkanes of at least 4 members (excludes halogenated alkanes) is 9. The minimum absolute atomic E-state index is 0.0644. The number of hydrogen-bond acceptors (Lipinski definition) is 2. The van der Waals surface area contributed by atoms with Crippen molar-refractivity contribution in [2.75, 3.05) is 7.11 Å². The summed E-state index contributed by atoms with van der Waals surface area (Å²) < 4.78 is 4.76. The Hall–Kier alpha value is -0.990. The molecule has 0 aliphatic rings. The lowest BCUT2D eigenvalue weighted by molar-refractivity contribution is -0.136. The van der Waals surface area contributed by atoms with Gasteiger partial charge in [-0.2, -0.15) is 0 Å². The maximum Gasteiger partial charge on any atom is 0.370 e. The molecule has 0 bridgehead atoms. The van der Waals surface area contributed by atoms with Gasteiger partial charge >= 0.3 is 5.97 Å². The van der Waals surface area contributed by atoms with Gasteiger partial charge in [0, 0.05) is 0 Å². The highest BCUT2D eigenvalue weighted by molar-refractivity contribution is 5.84. The second-order valence-corrected chi connectivity index (χ2v) is 4.69. The van der Waals surface area contributed by atoms with Crippen molar-refractivity contribution in [3.8, 4) is 0 Å². The summed E-state index contributed by atoms with van der Waals surface area (Å²) in [7, 11) is 1.40. The average molecular weight is 256 g/mol. The molecule has 0 rings (SSSR count). The molecule has 3 nitrogen and oxygen atoms in total. The molecule has 18 heavy (non-hydrogen) atoms. The Balaban J connectivity index is 3.32. The van der Waals surface area contributed by atoms with E-state index in [4.69, 9.17) is 9.84 Å². The van der Waals surface area contributed by atoms with Crippen molar-refractivity contribution in [2.45, 2.75) is 71.1 Å². The monoisotopic (exact) mass is 256 g/mol. The zero-order valence-electron chi connectivity index (χ0n) is 11.9. The fourth-order valence-electron chi connectivity index (χ4n) is 1.95. The first-order chi connectivity index (χ1) is 8.72. The number of aliphatic carboxylic acids is 1. The molecule has 0 atom stereocenters. The van der Waals surface area contributed by atoms with Gasteiger partial charge in [0.05, 0.1) is 7.11 Å². The largest absolute Gasteiger partial charge is 0.490 e. The van der Waals surface area contributed by atoms with Crippen molar-refractivity contribution in [1.82, 2.24) is 0 Å². The van der Waals surface area contributed by atoms with Gasteiger partial charge < -0.3 is 9.84 Å². The lowest BCUT2D eigenvalue weighted by Crippen LogP contribution is -2.02. The van der Waals surface area contributed by atoms with Gasteiger partial charge in [0.15, 0.2) is 5.76 Å². The van der Waals surface area contributed by atoms with Crippen molar-refractivity contribution in [3.63, 3.8) is 0 Å². The minimum Gasteiger partial charge on any atom is -0.490 e. The third kappa shape index (κ3) is 10.2. The Kier molecular flexibility index (Phi) is 11.8. The number of ether oxygens (including phenoxy) is 1. The maximum atomic E-state index is 10.6. The fraction of sp³-hybridized carbons (Fsp3) is 0.800. The third-order valence-corrected chi connectivity index (χ3v) is 3.07. The summed E-state index contributed by atoms with van der Waals surface area (Å²) in [5, 5.41) is 8.72. The van der Waals surface area contributed by atoms with E-state index in [0.717, 1.165) is 12.8 Å². The maximum absolute atomic E-state index is 10.6. The third-order valence-electron chi connectivity index (χ3n) is 3.07. The topological polar surface area (TPSA) is 46.5 Å². The quantitative estimate of drug-likeness (QED) is 0.317. The van der Waals surface area contributed by atoms with Crippen LogP contribution in [0, 0.1) is 0 Å². The molecule has 0 aromatic rings. The summed E-state index contributed by atoms with van der Waals surface area (Å²) in [6.45, 7) is 2.24. The first-order valence-corrected chi connectivity index (χ1v) is 7.19. The summed E-state index contributed by atoms with van der Waals surface area (Å²) in [4.78, 5) is 10.6. The standard InChI is InChI=1S/C15H28O3/c1-3-4-5-6-7-8-9-10-11-12-13-14(18-2)15(16)17/h13H,3-12H2,1-2H3,(H,16,17)/b14-13+. The van der Waals surface area contributed by atoms with Crippen LogP contribution in [0.4, 0.5) is 0 Å². The molecule has 106 valence electrons. The van der Waals surface area contributed by atoms with E-state index in [2.05, 4.69) is 6.92 Å². The van der Waals surface area contributed by atoms with E-state index in [-0.39, 0.29) is 5.76 Å². The Labute approximate surface area is 111 Å². The van der Waals surface area contributed by atoms with E-state index in [1.165, 1.54) is 58.5 Å². The summed E-state index contributed by atoms with van der Waals surface area (Å²) in [6.07, 6.45) is 14.0. The molecule has 0 aliphatic carbocycles.